The molecule has 0 radical (unpaired) electrons. The molecule has 0 aliphatic rings. The summed E-state index contributed by atoms with van der Waals surface area (Å²) in [6, 6.07) is 12.8. The number of esters is 1. The molecule has 0 atom stereocenters. The maximum Gasteiger partial charge on any atom is 0.330 e. The van der Waals surface area contributed by atoms with E-state index in [0.717, 1.165) is 11.3 Å². The average molecular weight is 358 g/mol. The summed E-state index contributed by atoms with van der Waals surface area (Å²) >= 11 is 0. The maximum atomic E-state index is 11.8. The lowest BCUT2D eigenvalue weighted by Crippen LogP contribution is -2.10. The Kier molecular flexibility index (Phi) is 7.36. The van der Waals surface area contributed by atoms with Crippen LogP contribution in [0.1, 0.15) is 5.56 Å². The first-order chi connectivity index (χ1) is 12.7. The Morgan fingerprint density at radius 1 is 0.923 bits per heavy atom. The van der Waals surface area contributed by atoms with E-state index in [4.69, 9.17) is 23.7 Å². The summed E-state index contributed by atoms with van der Waals surface area (Å²) < 4.78 is 26.4. The van der Waals surface area contributed by atoms with Gasteiger partial charge < -0.3 is 23.7 Å². The van der Waals surface area contributed by atoms with Crippen molar-refractivity contribution in [2.24, 2.45) is 0 Å². The van der Waals surface area contributed by atoms with E-state index in [1.54, 1.807) is 18.2 Å². The summed E-state index contributed by atoms with van der Waals surface area (Å²) in [6.45, 7) is 0.446. The van der Waals surface area contributed by atoms with Crippen LogP contribution >= 0.6 is 0 Å². The predicted octanol–water partition coefficient (Wildman–Crippen LogP) is 3.35. The number of carbonyl (C=O) groups excluding carboxylic acids is 1. The van der Waals surface area contributed by atoms with Gasteiger partial charge in [-0.1, -0.05) is 18.2 Å². The van der Waals surface area contributed by atoms with Crippen LogP contribution < -0.4 is 18.9 Å². The molecule has 0 saturated heterocycles. The lowest BCUT2D eigenvalue weighted by Gasteiger charge is -2.12. The molecule has 0 unspecified atom stereocenters. The molecule has 0 aliphatic heterocycles. The number of benzene rings is 2. The molecule has 2 aromatic rings. The van der Waals surface area contributed by atoms with Crippen LogP contribution in [0.25, 0.3) is 6.08 Å². The lowest BCUT2D eigenvalue weighted by molar-refractivity contribution is -0.138. The Morgan fingerprint density at radius 2 is 1.58 bits per heavy atom. The first-order valence-corrected chi connectivity index (χ1v) is 8.00. The van der Waals surface area contributed by atoms with Crippen molar-refractivity contribution in [2.75, 3.05) is 34.5 Å². The minimum Gasteiger partial charge on any atom is -0.493 e. The third-order valence-corrected chi connectivity index (χ3v) is 3.44. The molecule has 6 heteroatoms. The van der Waals surface area contributed by atoms with Crippen molar-refractivity contribution in [1.29, 1.82) is 0 Å². The van der Waals surface area contributed by atoms with E-state index in [-0.39, 0.29) is 13.2 Å². The van der Waals surface area contributed by atoms with Gasteiger partial charge in [-0.2, -0.15) is 0 Å². The highest BCUT2D eigenvalue weighted by Crippen LogP contribution is 2.38. The van der Waals surface area contributed by atoms with Crippen molar-refractivity contribution in [1.82, 2.24) is 0 Å². The fourth-order valence-electron chi connectivity index (χ4n) is 2.23. The fourth-order valence-corrected chi connectivity index (χ4v) is 2.23. The molecule has 0 spiro atoms. The molecule has 2 aromatic carbocycles. The SMILES string of the molecule is COc1cc(C=CC(=O)OCCOc2ccccc2)cc(OC)c1OC. The van der Waals surface area contributed by atoms with Crippen molar-refractivity contribution < 1.29 is 28.5 Å². The minimum absolute atomic E-state index is 0.160. The lowest BCUT2D eigenvalue weighted by atomic mass is 10.1. The second-order valence-corrected chi connectivity index (χ2v) is 5.12. The number of hydrogen-bond acceptors (Lipinski definition) is 6. The van der Waals surface area contributed by atoms with Crippen molar-refractivity contribution in [3.63, 3.8) is 0 Å². The quantitative estimate of drug-likeness (QED) is 0.389. The second-order valence-electron chi connectivity index (χ2n) is 5.12. The minimum atomic E-state index is -0.463. The van der Waals surface area contributed by atoms with Gasteiger partial charge in [-0.15, -0.1) is 0 Å². The van der Waals surface area contributed by atoms with E-state index >= 15 is 0 Å². The normalized spacial score (nSPS) is 10.4. The van der Waals surface area contributed by atoms with Crippen LogP contribution in [0.4, 0.5) is 0 Å². The molecule has 0 N–H and O–H groups in total. The van der Waals surface area contributed by atoms with Crippen molar-refractivity contribution >= 4 is 12.0 Å². The molecule has 138 valence electrons. The van der Waals surface area contributed by atoms with E-state index in [1.165, 1.54) is 27.4 Å². The highest BCUT2D eigenvalue weighted by atomic mass is 16.6. The number of rotatable bonds is 9. The summed E-state index contributed by atoms with van der Waals surface area (Å²) in [6.07, 6.45) is 2.95. The van der Waals surface area contributed by atoms with Gasteiger partial charge >= 0.3 is 5.97 Å². The predicted molar refractivity (Wildman–Crippen MR) is 98.0 cm³/mol. The van der Waals surface area contributed by atoms with Crippen molar-refractivity contribution in [3.05, 3.63) is 54.1 Å². The number of hydrogen-bond donors (Lipinski definition) is 0. The van der Waals surface area contributed by atoms with Crippen LogP contribution in [0.3, 0.4) is 0 Å². The summed E-state index contributed by atoms with van der Waals surface area (Å²) in [7, 11) is 4.60. The number of para-hydroxylation sites is 1. The van der Waals surface area contributed by atoms with Gasteiger partial charge in [0.05, 0.1) is 21.3 Å². The standard InChI is InChI=1S/C20H22O6/c1-22-17-13-15(14-18(23-2)20(17)24-3)9-10-19(21)26-12-11-25-16-7-5-4-6-8-16/h4-10,13-14H,11-12H2,1-3H3. The van der Waals surface area contributed by atoms with E-state index in [0.29, 0.717) is 17.2 Å². The third kappa shape index (κ3) is 5.44. The summed E-state index contributed by atoms with van der Waals surface area (Å²) in [5, 5.41) is 0. The zero-order valence-corrected chi connectivity index (χ0v) is 15.1. The number of carbonyl (C=O) groups is 1. The van der Waals surface area contributed by atoms with Crippen LogP contribution in [0.2, 0.25) is 0 Å². The zero-order chi connectivity index (χ0) is 18.8. The summed E-state index contributed by atoms with van der Waals surface area (Å²) in [5.74, 6) is 1.78. The molecule has 0 aliphatic carbocycles. The molecule has 0 amide bonds. The fraction of sp³-hybridized carbons (Fsp3) is 0.250. The van der Waals surface area contributed by atoms with Crippen LogP contribution in [0, 0.1) is 0 Å². The van der Waals surface area contributed by atoms with E-state index in [9.17, 15) is 4.79 Å². The van der Waals surface area contributed by atoms with Crippen LogP contribution in [-0.4, -0.2) is 40.5 Å². The van der Waals surface area contributed by atoms with Crippen molar-refractivity contribution in [2.45, 2.75) is 0 Å². The Morgan fingerprint density at radius 3 is 2.15 bits per heavy atom. The molecule has 0 heterocycles. The molecule has 0 saturated carbocycles. The second kappa shape index (κ2) is 9.98. The van der Waals surface area contributed by atoms with Crippen LogP contribution in [-0.2, 0) is 9.53 Å². The Balaban J connectivity index is 1.89. The van der Waals surface area contributed by atoms with Crippen LogP contribution in [0.5, 0.6) is 23.0 Å². The van der Waals surface area contributed by atoms with Crippen LogP contribution in [0.15, 0.2) is 48.5 Å². The average Bonchev–Trinajstić information content (AvgIpc) is 2.69. The molecule has 0 aromatic heterocycles. The largest absolute Gasteiger partial charge is 0.493 e. The van der Waals surface area contributed by atoms with Gasteiger partial charge in [0.2, 0.25) is 5.75 Å². The first-order valence-electron chi connectivity index (χ1n) is 8.00. The Labute approximate surface area is 152 Å². The van der Waals surface area contributed by atoms with Crippen molar-refractivity contribution in [3.8, 4) is 23.0 Å². The molecular weight excluding hydrogens is 336 g/mol. The molecule has 0 bridgehead atoms. The van der Waals surface area contributed by atoms with E-state index < -0.39 is 5.97 Å². The third-order valence-electron chi connectivity index (χ3n) is 3.44. The zero-order valence-electron chi connectivity index (χ0n) is 15.1. The van der Waals surface area contributed by atoms with E-state index in [2.05, 4.69) is 0 Å². The first kappa shape index (κ1) is 19.2. The molecule has 0 fully saturated rings. The molecule has 26 heavy (non-hydrogen) atoms. The van der Waals surface area contributed by atoms with Gasteiger partial charge in [-0.05, 0) is 35.9 Å². The highest BCUT2D eigenvalue weighted by Gasteiger charge is 2.12. The molecule has 2 rings (SSSR count). The summed E-state index contributed by atoms with van der Waals surface area (Å²) in [5.41, 5.74) is 0.719. The highest BCUT2D eigenvalue weighted by molar-refractivity contribution is 5.87. The Bertz CT molecular complexity index is 714. The van der Waals surface area contributed by atoms with Gasteiger partial charge in [0.1, 0.15) is 19.0 Å². The van der Waals surface area contributed by atoms with Gasteiger partial charge in [0.15, 0.2) is 11.5 Å². The number of methoxy groups -OCH3 is 3. The summed E-state index contributed by atoms with van der Waals surface area (Å²) in [4.78, 5) is 11.8. The topological polar surface area (TPSA) is 63.2 Å². The van der Waals surface area contributed by atoms with Gasteiger partial charge in [-0.3, -0.25) is 0 Å². The monoisotopic (exact) mass is 358 g/mol. The maximum absolute atomic E-state index is 11.8. The molecular formula is C20H22O6. The molecule has 6 nitrogen and oxygen atoms in total. The smallest absolute Gasteiger partial charge is 0.330 e. The van der Waals surface area contributed by atoms with Gasteiger partial charge in [-0.25, -0.2) is 4.79 Å². The van der Waals surface area contributed by atoms with Gasteiger partial charge in [0.25, 0.3) is 0 Å². The number of ether oxygens (including phenoxy) is 5. The van der Waals surface area contributed by atoms with E-state index in [1.807, 2.05) is 30.3 Å². The Hall–Kier alpha value is -3.15. The van der Waals surface area contributed by atoms with Gasteiger partial charge in [0, 0.05) is 6.08 Å².